The van der Waals surface area contributed by atoms with E-state index in [1.54, 1.807) is 0 Å². The van der Waals surface area contributed by atoms with Gasteiger partial charge in [-0.25, -0.2) is 0 Å². The Morgan fingerprint density at radius 3 is 2.55 bits per heavy atom. The normalized spacial score (nSPS) is 20.6. The lowest BCUT2D eigenvalue weighted by Crippen LogP contribution is -2.29. The highest BCUT2D eigenvalue weighted by molar-refractivity contribution is 6.30. The smallest absolute Gasteiger partial charge is 0.180 e. The summed E-state index contributed by atoms with van der Waals surface area (Å²) in [6, 6.07) is 7.92. The van der Waals surface area contributed by atoms with Gasteiger partial charge in [-0.3, -0.25) is 4.90 Å². The predicted octanol–water partition coefficient (Wildman–Crippen LogP) is 4.97. The van der Waals surface area contributed by atoms with Crippen LogP contribution in [-0.4, -0.2) is 30.9 Å². The molecule has 2 rings (SSSR count). The van der Waals surface area contributed by atoms with E-state index >= 15 is 0 Å². The highest BCUT2D eigenvalue weighted by Crippen LogP contribution is 2.24. The molecule has 0 heterocycles. The molecule has 120 valence electrons. The molecule has 0 aliphatic heterocycles. The Balaban J connectivity index is 2.15. The van der Waals surface area contributed by atoms with E-state index in [1.807, 2.05) is 38.4 Å². The van der Waals surface area contributed by atoms with Gasteiger partial charge < -0.3 is 4.84 Å². The average Bonchev–Trinajstić information content (AvgIpc) is 2.51. The summed E-state index contributed by atoms with van der Waals surface area (Å²) >= 11 is 5.94. The second-order valence-electron chi connectivity index (χ2n) is 5.90. The first-order chi connectivity index (χ1) is 10.6. The quantitative estimate of drug-likeness (QED) is 0.565. The summed E-state index contributed by atoms with van der Waals surface area (Å²) in [6.45, 7) is 2.11. The minimum Gasteiger partial charge on any atom is -0.376 e. The molecule has 0 N–H and O–H groups in total. The number of halogens is 1. The maximum absolute atomic E-state index is 5.94. The Morgan fingerprint density at radius 2 is 1.91 bits per heavy atom. The average molecular weight is 321 g/mol. The number of benzene rings is 1. The maximum atomic E-state index is 5.94. The van der Waals surface area contributed by atoms with Gasteiger partial charge >= 0.3 is 0 Å². The largest absolute Gasteiger partial charge is 0.376 e. The van der Waals surface area contributed by atoms with Crippen LogP contribution in [0.2, 0.25) is 5.02 Å². The van der Waals surface area contributed by atoms with Crippen LogP contribution in [0.1, 0.15) is 44.6 Å². The lowest BCUT2D eigenvalue weighted by Gasteiger charge is -2.22. The number of oxime groups is 1. The standard InChI is InChI=1S/C18H25ClN2O/c1-4-18(21(2)3)22-20-17-8-6-5-7-15(17)13-14-9-11-16(19)12-10-14/h9-13,18H,4-8H2,1-3H3. The van der Waals surface area contributed by atoms with Gasteiger partial charge in [0.15, 0.2) is 6.23 Å². The summed E-state index contributed by atoms with van der Waals surface area (Å²) in [5.74, 6) is 0. The Labute approximate surface area is 138 Å². The topological polar surface area (TPSA) is 24.8 Å². The maximum Gasteiger partial charge on any atom is 0.180 e. The summed E-state index contributed by atoms with van der Waals surface area (Å²) in [7, 11) is 4.03. The van der Waals surface area contributed by atoms with Crippen LogP contribution in [0.3, 0.4) is 0 Å². The van der Waals surface area contributed by atoms with Crippen molar-refractivity contribution in [2.45, 2.75) is 45.3 Å². The summed E-state index contributed by atoms with van der Waals surface area (Å²) < 4.78 is 0. The van der Waals surface area contributed by atoms with E-state index in [0.717, 1.165) is 35.6 Å². The van der Waals surface area contributed by atoms with Crippen molar-refractivity contribution >= 4 is 23.4 Å². The fourth-order valence-electron chi connectivity index (χ4n) is 2.59. The van der Waals surface area contributed by atoms with E-state index in [4.69, 9.17) is 16.4 Å². The highest BCUT2D eigenvalue weighted by atomic mass is 35.5. The molecule has 1 fully saturated rings. The second-order valence-corrected chi connectivity index (χ2v) is 6.33. The van der Waals surface area contributed by atoms with Crippen molar-refractivity contribution in [3.63, 3.8) is 0 Å². The zero-order valence-electron chi connectivity index (χ0n) is 13.7. The lowest BCUT2D eigenvalue weighted by molar-refractivity contribution is -0.0357. The third-order valence-corrected chi connectivity index (χ3v) is 4.15. The van der Waals surface area contributed by atoms with Gasteiger partial charge in [0.25, 0.3) is 0 Å². The van der Waals surface area contributed by atoms with Gasteiger partial charge in [0, 0.05) is 5.02 Å². The molecule has 1 saturated carbocycles. The van der Waals surface area contributed by atoms with Crippen LogP contribution >= 0.6 is 11.6 Å². The van der Waals surface area contributed by atoms with Gasteiger partial charge in [-0.2, -0.15) is 0 Å². The lowest BCUT2D eigenvalue weighted by atomic mass is 9.91. The molecule has 1 aromatic carbocycles. The molecule has 1 aliphatic rings. The van der Waals surface area contributed by atoms with Crippen molar-refractivity contribution < 1.29 is 4.84 Å². The zero-order chi connectivity index (χ0) is 15.9. The van der Waals surface area contributed by atoms with Crippen LogP contribution in [0.15, 0.2) is 35.0 Å². The summed E-state index contributed by atoms with van der Waals surface area (Å²) in [5, 5.41) is 5.22. The molecule has 1 unspecified atom stereocenters. The fourth-order valence-corrected chi connectivity index (χ4v) is 2.72. The zero-order valence-corrected chi connectivity index (χ0v) is 14.4. The Morgan fingerprint density at radius 1 is 1.23 bits per heavy atom. The van der Waals surface area contributed by atoms with Crippen molar-refractivity contribution in [3.05, 3.63) is 40.4 Å². The molecule has 0 radical (unpaired) electrons. The molecule has 1 aliphatic carbocycles. The summed E-state index contributed by atoms with van der Waals surface area (Å²) in [6.07, 6.45) is 7.59. The molecule has 3 nitrogen and oxygen atoms in total. The fraction of sp³-hybridized carbons (Fsp3) is 0.500. The summed E-state index contributed by atoms with van der Waals surface area (Å²) in [4.78, 5) is 7.78. The number of hydrogen-bond donors (Lipinski definition) is 0. The predicted molar refractivity (Wildman–Crippen MR) is 94.2 cm³/mol. The number of hydrogen-bond acceptors (Lipinski definition) is 3. The van der Waals surface area contributed by atoms with Crippen LogP contribution in [0, 0.1) is 0 Å². The monoisotopic (exact) mass is 320 g/mol. The van der Waals surface area contributed by atoms with Crippen LogP contribution in [0.25, 0.3) is 6.08 Å². The number of allylic oxidation sites excluding steroid dienone is 1. The molecule has 1 atom stereocenters. The third kappa shape index (κ3) is 4.85. The molecule has 1 aromatic rings. The second kappa shape index (κ2) is 8.35. The van der Waals surface area contributed by atoms with Gasteiger partial charge in [0.1, 0.15) is 0 Å². The molecular weight excluding hydrogens is 296 g/mol. The van der Waals surface area contributed by atoms with Crippen LogP contribution in [0.4, 0.5) is 0 Å². The first kappa shape index (κ1) is 17.0. The third-order valence-electron chi connectivity index (χ3n) is 3.90. The summed E-state index contributed by atoms with van der Waals surface area (Å²) in [5.41, 5.74) is 3.53. The molecule has 0 amide bonds. The van der Waals surface area contributed by atoms with Gasteiger partial charge in [0.05, 0.1) is 5.71 Å². The minimum atomic E-state index is 0.0335. The minimum absolute atomic E-state index is 0.0335. The van der Waals surface area contributed by atoms with Gasteiger partial charge in [-0.15, -0.1) is 0 Å². The molecule has 0 bridgehead atoms. The van der Waals surface area contributed by atoms with Crippen molar-refractivity contribution in [1.82, 2.24) is 4.90 Å². The SMILES string of the molecule is CCC(ON=C1CCCCC1=Cc1ccc(Cl)cc1)N(C)C. The molecule has 4 heteroatoms. The highest BCUT2D eigenvalue weighted by Gasteiger charge is 2.16. The van der Waals surface area contributed by atoms with E-state index < -0.39 is 0 Å². The van der Waals surface area contributed by atoms with Crippen molar-refractivity contribution in [3.8, 4) is 0 Å². The van der Waals surface area contributed by atoms with E-state index in [1.165, 1.54) is 18.4 Å². The molecule has 0 aromatic heterocycles. The van der Waals surface area contributed by atoms with Gasteiger partial charge in [-0.1, -0.05) is 35.8 Å². The Bertz CT molecular complexity index is 535. The van der Waals surface area contributed by atoms with E-state index in [-0.39, 0.29) is 6.23 Å². The number of nitrogens with zero attached hydrogens (tertiary/aromatic N) is 2. The Hall–Kier alpha value is -1.32. The van der Waals surface area contributed by atoms with Crippen LogP contribution in [0.5, 0.6) is 0 Å². The molecule has 22 heavy (non-hydrogen) atoms. The number of rotatable bonds is 5. The van der Waals surface area contributed by atoms with E-state index in [2.05, 4.69) is 23.1 Å². The van der Waals surface area contributed by atoms with E-state index in [9.17, 15) is 0 Å². The molecule has 0 saturated heterocycles. The Kier molecular flexibility index (Phi) is 6.47. The first-order valence-electron chi connectivity index (χ1n) is 7.95. The van der Waals surface area contributed by atoms with Crippen LogP contribution in [-0.2, 0) is 4.84 Å². The van der Waals surface area contributed by atoms with Crippen LogP contribution < -0.4 is 0 Å². The molecular formula is C18H25ClN2O. The van der Waals surface area contributed by atoms with Crippen molar-refractivity contribution in [2.75, 3.05) is 14.1 Å². The molecule has 0 spiro atoms. The van der Waals surface area contributed by atoms with Gasteiger partial charge in [0.2, 0.25) is 0 Å². The van der Waals surface area contributed by atoms with E-state index in [0.29, 0.717) is 0 Å². The van der Waals surface area contributed by atoms with Crippen molar-refractivity contribution in [2.24, 2.45) is 5.16 Å². The van der Waals surface area contributed by atoms with Crippen molar-refractivity contribution in [1.29, 1.82) is 0 Å². The van der Waals surface area contributed by atoms with Gasteiger partial charge in [-0.05, 0) is 75.5 Å². The first-order valence-corrected chi connectivity index (χ1v) is 8.33.